The molecular formula is C18H16F2N2O3. The minimum Gasteiger partial charge on any atom is -0.461 e. The van der Waals surface area contributed by atoms with Crippen molar-refractivity contribution >= 4 is 5.97 Å². The van der Waals surface area contributed by atoms with Gasteiger partial charge in [0.2, 0.25) is 0 Å². The first kappa shape index (κ1) is 16.1. The van der Waals surface area contributed by atoms with Gasteiger partial charge < -0.3 is 9.47 Å². The first-order valence-electron chi connectivity index (χ1n) is 8.24. The molecule has 130 valence electrons. The van der Waals surface area contributed by atoms with E-state index in [1.165, 1.54) is 6.07 Å². The molecule has 2 aromatic rings. The van der Waals surface area contributed by atoms with Gasteiger partial charge in [-0.1, -0.05) is 0 Å². The van der Waals surface area contributed by atoms with Crippen LogP contribution >= 0.6 is 0 Å². The maximum Gasteiger partial charge on any atom is 0.356 e. The number of nitrogens with zero attached hydrogens (tertiary/aromatic N) is 2. The van der Waals surface area contributed by atoms with Crippen LogP contribution < -0.4 is 0 Å². The van der Waals surface area contributed by atoms with Gasteiger partial charge in [-0.3, -0.25) is 4.98 Å². The maximum atomic E-state index is 14.3. The molecule has 0 radical (unpaired) electrons. The number of ether oxygens (including phenoxy) is 2. The van der Waals surface area contributed by atoms with Crippen molar-refractivity contribution in [1.29, 1.82) is 0 Å². The van der Waals surface area contributed by atoms with Crippen molar-refractivity contribution in [2.45, 2.75) is 38.4 Å². The Morgan fingerprint density at radius 3 is 2.96 bits per heavy atom. The van der Waals surface area contributed by atoms with E-state index in [2.05, 4.69) is 9.97 Å². The number of fused-ring (bicyclic) bond motifs is 4. The van der Waals surface area contributed by atoms with Crippen LogP contribution in [-0.4, -0.2) is 28.6 Å². The number of aromatic nitrogens is 2. The average Bonchev–Trinajstić information content (AvgIpc) is 2.97. The molecule has 1 fully saturated rings. The van der Waals surface area contributed by atoms with Crippen LogP contribution in [0.4, 0.5) is 8.78 Å². The second-order valence-corrected chi connectivity index (χ2v) is 6.15. The lowest BCUT2D eigenvalue weighted by atomic mass is 9.94. The number of hydrogen-bond acceptors (Lipinski definition) is 5. The maximum absolute atomic E-state index is 14.3. The van der Waals surface area contributed by atoms with E-state index in [4.69, 9.17) is 9.47 Å². The van der Waals surface area contributed by atoms with Crippen LogP contribution in [0.3, 0.4) is 0 Å². The van der Waals surface area contributed by atoms with Gasteiger partial charge in [0, 0.05) is 18.1 Å². The summed E-state index contributed by atoms with van der Waals surface area (Å²) in [5.41, 5.74) is 1.97. The topological polar surface area (TPSA) is 61.3 Å². The van der Waals surface area contributed by atoms with E-state index in [9.17, 15) is 13.6 Å². The number of carbonyl (C=O) groups is 1. The Hall–Kier alpha value is -2.41. The van der Waals surface area contributed by atoms with Crippen molar-refractivity contribution in [3.63, 3.8) is 0 Å². The molecular weight excluding hydrogens is 330 g/mol. The van der Waals surface area contributed by atoms with Gasteiger partial charge in [-0.15, -0.1) is 0 Å². The largest absolute Gasteiger partial charge is 0.461 e. The smallest absolute Gasteiger partial charge is 0.356 e. The molecule has 0 saturated carbocycles. The molecule has 4 heterocycles. The molecule has 2 aromatic heterocycles. The molecule has 2 aliphatic heterocycles. The number of hydrogen-bond donors (Lipinski definition) is 0. The number of halogens is 2. The van der Waals surface area contributed by atoms with Crippen molar-refractivity contribution in [2.24, 2.45) is 0 Å². The quantitative estimate of drug-likeness (QED) is 0.798. The third kappa shape index (κ3) is 2.78. The molecule has 0 unspecified atom stereocenters. The first-order valence-corrected chi connectivity index (χ1v) is 8.24. The zero-order chi connectivity index (χ0) is 17.6. The van der Waals surface area contributed by atoms with Gasteiger partial charge in [-0.25, -0.2) is 18.6 Å². The molecule has 0 amide bonds. The molecule has 0 aliphatic carbocycles. The normalized spacial score (nSPS) is 21.1. The monoisotopic (exact) mass is 346 g/mol. The van der Waals surface area contributed by atoms with Crippen molar-refractivity contribution in [3.8, 4) is 11.3 Å². The summed E-state index contributed by atoms with van der Waals surface area (Å²) in [5, 5.41) is 0. The molecule has 7 heteroatoms. The summed E-state index contributed by atoms with van der Waals surface area (Å²) in [4.78, 5) is 20.5. The average molecular weight is 346 g/mol. The highest BCUT2D eigenvalue weighted by atomic mass is 19.1. The zero-order valence-electron chi connectivity index (χ0n) is 13.6. The highest BCUT2D eigenvalue weighted by Gasteiger charge is 2.37. The fourth-order valence-electron chi connectivity index (χ4n) is 3.49. The third-order valence-electron chi connectivity index (χ3n) is 4.55. The first-order chi connectivity index (χ1) is 12.1. The Balaban J connectivity index is 1.91. The van der Waals surface area contributed by atoms with Gasteiger partial charge in [0.05, 0.1) is 24.6 Å². The molecule has 2 aliphatic rings. The van der Waals surface area contributed by atoms with Crippen molar-refractivity contribution < 1.29 is 23.0 Å². The molecule has 0 N–H and O–H groups in total. The predicted octanol–water partition coefficient (Wildman–Crippen LogP) is 3.37. The molecule has 2 atom stereocenters. The van der Waals surface area contributed by atoms with Crippen LogP contribution in [0.5, 0.6) is 0 Å². The van der Waals surface area contributed by atoms with Gasteiger partial charge in [0.15, 0.2) is 5.82 Å². The summed E-state index contributed by atoms with van der Waals surface area (Å²) in [7, 11) is 0. The zero-order valence-corrected chi connectivity index (χ0v) is 13.6. The molecule has 25 heavy (non-hydrogen) atoms. The Morgan fingerprint density at radius 2 is 2.20 bits per heavy atom. The Labute approximate surface area is 143 Å². The number of rotatable bonds is 3. The van der Waals surface area contributed by atoms with E-state index in [1.807, 2.05) is 0 Å². The Morgan fingerprint density at radius 1 is 1.36 bits per heavy atom. The van der Waals surface area contributed by atoms with Crippen LogP contribution in [0.2, 0.25) is 0 Å². The van der Waals surface area contributed by atoms with Gasteiger partial charge in [-0.2, -0.15) is 0 Å². The fraction of sp³-hybridized carbons (Fsp3) is 0.389. The summed E-state index contributed by atoms with van der Waals surface area (Å²) in [6.07, 6.45) is 3.05. The summed E-state index contributed by atoms with van der Waals surface area (Å²) < 4.78 is 38.5. The van der Waals surface area contributed by atoms with Gasteiger partial charge in [-0.05, 0) is 31.4 Å². The second-order valence-electron chi connectivity index (χ2n) is 6.15. The Kier molecular flexibility index (Phi) is 3.95. The summed E-state index contributed by atoms with van der Waals surface area (Å²) in [5.74, 6) is -2.12. The van der Waals surface area contributed by atoms with E-state index in [0.717, 1.165) is 30.7 Å². The number of pyridine rings is 2. The summed E-state index contributed by atoms with van der Waals surface area (Å²) in [6.45, 7) is 1.90. The molecule has 5 nitrogen and oxygen atoms in total. The van der Waals surface area contributed by atoms with Gasteiger partial charge in [0.25, 0.3) is 0 Å². The molecule has 4 rings (SSSR count). The van der Waals surface area contributed by atoms with Gasteiger partial charge >= 0.3 is 5.97 Å². The highest BCUT2D eigenvalue weighted by molar-refractivity contribution is 5.89. The van der Waals surface area contributed by atoms with Crippen LogP contribution in [0.25, 0.3) is 11.3 Å². The number of esters is 1. The summed E-state index contributed by atoms with van der Waals surface area (Å²) in [6, 6.07) is 2.26. The lowest BCUT2D eigenvalue weighted by Crippen LogP contribution is -2.22. The third-order valence-corrected chi connectivity index (χ3v) is 4.55. The van der Waals surface area contributed by atoms with Crippen molar-refractivity contribution in [1.82, 2.24) is 9.97 Å². The van der Waals surface area contributed by atoms with Crippen LogP contribution in [0, 0.1) is 11.6 Å². The second kappa shape index (κ2) is 6.15. The van der Waals surface area contributed by atoms with E-state index in [-0.39, 0.29) is 30.2 Å². The van der Waals surface area contributed by atoms with E-state index in [0.29, 0.717) is 17.7 Å². The lowest BCUT2D eigenvalue weighted by molar-refractivity contribution is 0.0291. The van der Waals surface area contributed by atoms with Crippen LogP contribution in [-0.2, 0) is 15.9 Å². The lowest BCUT2D eigenvalue weighted by Gasteiger charge is -2.25. The van der Waals surface area contributed by atoms with Crippen LogP contribution in [0.1, 0.15) is 47.6 Å². The van der Waals surface area contributed by atoms with E-state index < -0.39 is 17.6 Å². The predicted molar refractivity (Wildman–Crippen MR) is 83.9 cm³/mol. The minimum absolute atomic E-state index is 0.00639. The minimum atomic E-state index is -0.776. The van der Waals surface area contributed by atoms with E-state index >= 15 is 0 Å². The summed E-state index contributed by atoms with van der Waals surface area (Å²) >= 11 is 0. The van der Waals surface area contributed by atoms with Crippen LogP contribution in [0.15, 0.2) is 18.3 Å². The van der Waals surface area contributed by atoms with Crippen molar-refractivity contribution in [3.05, 3.63) is 46.9 Å². The molecule has 2 bridgehead atoms. The SMILES string of the molecule is CCOC(=O)c1cc(-c2ncc(F)cc2F)c2c(n1)[C@H]1CC[C@@H](C2)O1. The molecule has 0 spiro atoms. The molecule has 0 aromatic carbocycles. The number of carbonyl (C=O) groups excluding carboxylic acids is 1. The van der Waals surface area contributed by atoms with Gasteiger partial charge in [0.1, 0.15) is 23.3 Å². The fourth-order valence-corrected chi connectivity index (χ4v) is 3.49. The molecule has 1 saturated heterocycles. The van der Waals surface area contributed by atoms with E-state index in [1.54, 1.807) is 6.92 Å². The standard InChI is InChI=1S/C18H16F2N2O3/c1-2-24-18(23)14-7-12(16-13(20)5-9(19)8-21-16)11-6-10-3-4-15(25-10)17(11)22-14/h5,7-8,10,15H,2-4,6H2,1H3/t10-,15+/m0/s1. The van der Waals surface area contributed by atoms with Crippen molar-refractivity contribution in [2.75, 3.05) is 6.61 Å². The highest BCUT2D eigenvalue weighted by Crippen LogP contribution is 2.43. The Bertz CT molecular complexity index is 856.